The zero-order valence-corrected chi connectivity index (χ0v) is 8.87. The lowest BCUT2D eigenvalue weighted by molar-refractivity contribution is -0.133. The van der Waals surface area contributed by atoms with Crippen LogP contribution < -0.4 is 14.2 Å². The van der Waals surface area contributed by atoms with E-state index in [4.69, 9.17) is 14.2 Å². The van der Waals surface area contributed by atoms with Crippen LogP contribution >= 0.6 is 0 Å². The predicted octanol–water partition coefficient (Wildman–Crippen LogP) is 1.73. The van der Waals surface area contributed by atoms with Gasteiger partial charge in [0.2, 0.25) is 0 Å². The van der Waals surface area contributed by atoms with Crippen LogP contribution in [0.4, 0.5) is 0 Å². The summed E-state index contributed by atoms with van der Waals surface area (Å²) in [7, 11) is 3.12. The summed E-state index contributed by atoms with van der Waals surface area (Å²) in [5, 5.41) is 0. The molecule has 1 aromatic carbocycles. The molecule has 15 heavy (non-hydrogen) atoms. The highest BCUT2D eigenvalue weighted by molar-refractivity contribution is 5.87. The topological polar surface area (TPSA) is 44.8 Å². The Labute approximate surface area is 87.8 Å². The second-order valence-electron chi connectivity index (χ2n) is 3.38. The Morgan fingerprint density at radius 1 is 1.27 bits per heavy atom. The van der Waals surface area contributed by atoms with Crippen molar-refractivity contribution >= 4 is 5.97 Å². The Balaban J connectivity index is 2.57. The summed E-state index contributed by atoms with van der Waals surface area (Å²) in [5.74, 6) is 1.25. The Kier molecular flexibility index (Phi) is 2.26. The molecule has 0 amide bonds. The molecule has 0 spiro atoms. The summed E-state index contributed by atoms with van der Waals surface area (Å²) in [6.45, 7) is 1.79. The average Bonchev–Trinajstić information content (AvgIpc) is 2.53. The van der Waals surface area contributed by atoms with Gasteiger partial charge in [0, 0.05) is 12.1 Å². The van der Waals surface area contributed by atoms with Crippen molar-refractivity contribution in [2.24, 2.45) is 0 Å². The van der Waals surface area contributed by atoms with Crippen molar-refractivity contribution in [1.82, 2.24) is 0 Å². The van der Waals surface area contributed by atoms with Crippen LogP contribution in [0.5, 0.6) is 17.2 Å². The van der Waals surface area contributed by atoms with Crippen molar-refractivity contribution in [2.45, 2.75) is 12.8 Å². The van der Waals surface area contributed by atoms with Crippen LogP contribution in [0.15, 0.2) is 12.1 Å². The molecule has 4 heteroatoms. The molecule has 0 N–H and O–H groups in total. The highest BCUT2D eigenvalue weighted by Gasteiger charge is 2.33. The fourth-order valence-corrected chi connectivity index (χ4v) is 1.69. The number of rotatable bonds is 2. The summed E-state index contributed by atoms with van der Waals surface area (Å²) < 4.78 is 15.4. The molecule has 80 valence electrons. The summed E-state index contributed by atoms with van der Waals surface area (Å²) >= 11 is 0. The predicted molar refractivity (Wildman–Crippen MR) is 53.6 cm³/mol. The molecule has 4 nitrogen and oxygen atoms in total. The van der Waals surface area contributed by atoms with Gasteiger partial charge in [0.1, 0.15) is 17.2 Å². The molecule has 0 bridgehead atoms. The number of fused-ring (bicyclic) bond motifs is 1. The minimum absolute atomic E-state index is 0.253. The third-order valence-corrected chi connectivity index (χ3v) is 2.53. The van der Waals surface area contributed by atoms with E-state index in [1.165, 1.54) is 0 Å². The van der Waals surface area contributed by atoms with Crippen molar-refractivity contribution in [2.75, 3.05) is 14.2 Å². The minimum Gasteiger partial charge on any atom is -0.496 e. The van der Waals surface area contributed by atoms with Gasteiger partial charge in [-0.3, -0.25) is 4.79 Å². The van der Waals surface area contributed by atoms with Crippen LogP contribution in [0.3, 0.4) is 0 Å². The Hall–Kier alpha value is -1.71. The summed E-state index contributed by atoms with van der Waals surface area (Å²) in [6.07, 6.45) is 0. The van der Waals surface area contributed by atoms with E-state index in [-0.39, 0.29) is 11.9 Å². The Morgan fingerprint density at radius 3 is 2.60 bits per heavy atom. The zero-order chi connectivity index (χ0) is 11.0. The minimum atomic E-state index is -0.277. The molecular weight excluding hydrogens is 196 g/mol. The first-order valence-corrected chi connectivity index (χ1v) is 4.65. The zero-order valence-electron chi connectivity index (χ0n) is 8.87. The Bertz CT molecular complexity index is 411. The molecule has 1 heterocycles. The molecule has 0 saturated carbocycles. The second kappa shape index (κ2) is 3.46. The maximum atomic E-state index is 11.4. The van der Waals surface area contributed by atoms with E-state index in [2.05, 4.69) is 0 Å². The maximum absolute atomic E-state index is 11.4. The molecule has 0 saturated heterocycles. The first-order valence-electron chi connectivity index (χ1n) is 4.65. The van der Waals surface area contributed by atoms with Crippen molar-refractivity contribution in [3.8, 4) is 17.2 Å². The van der Waals surface area contributed by atoms with Crippen LogP contribution in [-0.4, -0.2) is 20.2 Å². The number of esters is 1. The summed E-state index contributed by atoms with van der Waals surface area (Å²) in [4.78, 5) is 11.4. The summed E-state index contributed by atoms with van der Waals surface area (Å²) in [5.41, 5.74) is 0.795. The number of hydrogen-bond donors (Lipinski definition) is 0. The van der Waals surface area contributed by atoms with Gasteiger partial charge in [-0.1, -0.05) is 0 Å². The number of carbonyl (C=O) groups excluding carboxylic acids is 1. The van der Waals surface area contributed by atoms with Gasteiger partial charge in [-0.2, -0.15) is 0 Å². The number of benzene rings is 1. The molecule has 1 aliphatic heterocycles. The monoisotopic (exact) mass is 208 g/mol. The molecule has 0 aliphatic carbocycles. The number of carbonyl (C=O) groups is 1. The molecule has 2 rings (SSSR count). The van der Waals surface area contributed by atoms with Crippen LogP contribution in [0.25, 0.3) is 0 Å². The summed E-state index contributed by atoms with van der Waals surface area (Å²) in [6, 6.07) is 3.44. The van der Waals surface area contributed by atoms with Crippen LogP contribution in [0.1, 0.15) is 18.4 Å². The molecule has 0 fully saturated rings. The van der Waals surface area contributed by atoms with Crippen molar-refractivity contribution in [3.63, 3.8) is 0 Å². The van der Waals surface area contributed by atoms with E-state index >= 15 is 0 Å². The average molecular weight is 208 g/mol. The van der Waals surface area contributed by atoms with Gasteiger partial charge in [-0.25, -0.2) is 0 Å². The fourth-order valence-electron chi connectivity index (χ4n) is 1.69. The van der Waals surface area contributed by atoms with E-state index < -0.39 is 0 Å². The van der Waals surface area contributed by atoms with Gasteiger partial charge in [0.05, 0.1) is 25.7 Å². The van der Waals surface area contributed by atoms with Crippen LogP contribution in [-0.2, 0) is 4.79 Å². The maximum Gasteiger partial charge on any atom is 0.318 e. The van der Waals surface area contributed by atoms with E-state index in [0.717, 1.165) is 5.56 Å². The van der Waals surface area contributed by atoms with Gasteiger partial charge in [-0.05, 0) is 6.92 Å². The first-order chi connectivity index (χ1) is 7.17. The SMILES string of the molecule is COc1cc(OC)c2c(c1)OC(=O)C2C. The number of methoxy groups -OCH3 is 2. The van der Waals surface area contributed by atoms with E-state index in [9.17, 15) is 4.79 Å². The normalized spacial score (nSPS) is 18.3. The van der Waals surface area contributed by atoms with E-state index in [1.54, 1.807) is 33.3 Å². The molecule has 1 atom stereocenters. The number of hydrogen-bond acceptors (Lipinski definition) is 4. The Morgan fingerprint density at radius 2 is 2.00 bits per heavy atom. The quantitative estimate of drug-likeness (QED) is 0.548. The smallest absolute Gasteiger partial charge is 0.318 e. The van der Waals surface area contributed by atoms with Gasteiger partial charge >= 0.3 is 5.97 Å². The fraction of sp³-hybridized carbons (Fsp3) is 0.364. The standard InChI is InChI=1S/C11H12O4/c1-6-10-8(14-3)4-7(13-2)5-9(10)15-11(6)12/h4-6H,1-3H3. The second-order valence-corrected chi connectivity index (χ2v) is 3.38. The highest BCUT2D eigenvalue weighted by atomic mass is 16.5. The van der Waals surface area contributed by atoms with E-state index in [0.29, 0.717) is 17.2 Å². The van der Waals surface area contributed by atoms with Crippen molar-refractivity contribution in [3.05, 3.63) is 17.7 Å². The third kappa shape index (κ3) is 1.42. The van der Waals surface area contributed by atoms with Crippen molar-refractivity contribution in [1.29, 1.82) is 0 Å². The molecule has 0 radical (unpaired) electrons. The molecule has 1 unspecified atom stereocenters. The number of ether oxygens (including phenoxy) is 3. The molecular formula is C11H12O4. The molecule has 1 aliphatic rings. The third-order valence-electron chi connectivity index (χ3n) is 2.53. The molecule has 0 aromatic heterocycles. The van der Waals surface area contributed by atoms with Crippen LogP contribution in [0.2, 0.25) is 0 Å². The van der Waals surface area contributed by atoms with Gasteiger partial charge < -0.3 is 14.2 Å². The van der Waals surface area contributed by atoms with Crippen molar-refractivity contribution < 1.29 is 19.0 Å². The molecule has 1 aromatic rings. The van der Waals surface area contributed by atoms with E-state index in [1.807, 2.05) is 0 Å². The van der Waals surface area contributed by atoms with Gasteiger partial charge in [0.25, 0.3) is 0 Å². The highest BCUT2D eigenvalue weighted by Crippen LogP contribution is 2.43. The lowest BCUT2D eigenvalue weighted by atomic mass is 10.0. The first kappa shape index (κ1) is 9.83. The lowest BCUT2D eigenvalue weighted by Crippen LogP contribution is -2.06. The van der Waals surface area contributed by atoms with Gasteiger partial charge in [-0.15, -0.1) is 0 Å². The van der Waals surface area contributed by atoms with Crippen LogP contribution in [0, 0.1) is 0 Å². The largest absolute Gasteiger partial charge is 0.496 e. The lowest BCUT2D eigenvalue weighted by Gasteiger charge is -2.09. The van der Waals surface area contributed by atoms with Gasteiger partial charge in [0.15, 0.2) is 0 Å².